The maximum atomic E-state index is 10.2. The molecule has 0 aromatic carbocycles. The van der Waals surface area contributed by atoms with Crippen molar-refractivity contribution in [3.05, 3.63) is 0 Å². The Bertz CT molecular complexity index is 188. The molecule has 0 amide bonds. The zero-order valence-electron chi connectivity index (χ0n) is 6.29. The lowest BCUT2D eigenvalue weighted by molar-refractivity contribution is 0.00361. The molecule has 1 heterocycles. The Morgan fingerprint density at radius 1 is 1.58 bits per heavy atom. The van der Waals surface area contributed by atoms with E-state index in [2.05, 4.69) is 4.52 Å². The number of rotatable bonds is 3. The van der Waals surface area contributed by atoms with E-state index < -0.39 is 20.0 Å². The van der Waals surface area contributed by atoms with Gasteiger partial charge < -0.3 is 19.6 Å². The molecule has 0 radical (unpaired) electrons. The third-order valence-electron chi connectivity index (χ3n) is 1.58. The molecule has 0 aromatic heterocycles. The second-order valence-corrected chi connectivity index (χ2v) is 3.79. The molecule has 12 heavy (non-hydrogen) atoms. The number of aliphatic hydroxyl groups excluding tert-OH is 1. The molecule has 0 spiro atoms. The first-order valence-corrected chi connectivity index (χ1v) is 5.02. The van der Waals surface area contributed by atoms with E-state index in [-0.39, 0.29) is 6.61 Å². The number of phosphoric acid groups is 1. The Labute approximate surface area is 69.4 Å². The van der Waals surface area contributed by atoms with Gasteiger partial charge in [-0.15, -0.1) is 0 Å². The minimum absolute atomic E-state index is 0.272. The van der Waals surface area contributed by atoms with E-state index in [9.17, 15) is 4.57 Å². The van der Waals surface area contributed by atoms with Gasteiger partial charge in [0.15, 0.2) is 0 Å². The molecule has 0 saturated carbocycles. The molecule has 0 aromatic rings. The zero-order valence-corrected chi connectivity index (χ0v) is 7.18. The smallest absolute Gasteiger partial charge is 0.390 e. The van der Waals surface area contributed by atoms with Gasteiger partial charge in [0.05, 0.1) is 12.7 Å². The summed E-state index contributed by atoms with van der Waals surface area (Å²) in [7, 11) is -4.44. The van der Waals surface area contributed by atoms with E-state index in [0.29, 0.717) is 13.0 Å². The molecule has 1 aliphatic rings. The van der Waals surface area contributed by atoms with Crippen molar-refractivity contribution in [2.75, 3.05) is 13.2 Å². The monoisotopic (exact) mass is 198 g/mol. The van der Waals surface area contributed by atoms with Crippen LogP contribution in [0, 0.1) is 0 Å². The fourth-order valence-corrected chi connectivity index (χ4v) is 1.31. The van der Waals surface area contributed by atoms with E-state index in [1.165, 1.54) is 0 Å². The predicted octanol–water partition coefficient (Wildman–Crippen LogP) is -0.755. The summed E-state index contributed by atoms with van der Waals surface area (Å²) in [6.45, 7) is 0.127. The fraction of sp³-hybridized carbons (Fsp3) is 1.00. The standard InChI is InChI=1S/C5H11O6P/c6-4-1-2-10-5(4)3-11-12(7,8)9/h4-6H,1-3H2,(H2,7,8,9). The van der Waals surface area contributed by atoms with Crippen molar-refractivity contribution < 1.29 is 28.7 Å². The molecule has 1 fully saturated rings. The summed E-state index contributed by atoms with van der Waals surface area (Å²) in [6.07, 6.45) is -0.816. The van der Waals surface area contributed by atoms with Gasteiger partial charge in [-0.05, 0) is 6.42 Å². The average Bonchev–Trinajstić information content (AvgIpc) is 2.29. The van der Waals surface area contributed by atoms with Crippen LogP contribution < -0.4 is 0 Å². The topological polar surface area (TPSA) is 96.2 Å². The number of hydrogen-bond donors (Lipinski definition) is 3. The first-order valence-electron chi connectivity index (χ1n) is 3.49. The van der Waals surface area contributed by atoms with Crippen LogP contribution in [-0.2, 0) is 13.8 Å². The molecule has 0 bridgehead atoms. The van der Waals surface area contributed by atoms with Crippen LogP contribution >= 0.6 is 7.82 Å². The van der Waals surface area contributed by atoms with Gasteiger partial charge >= 0.3 is 7.82 Å². The third-order valence-corrected chi connectivity index (χ3v) is 2.07. The summed E-state index contributed by atoms with van der Waals surface area (Å²) in [6, 6.07) is 0. The van der Waals surface area contributed by atoms with E-state index in [4.69, 9.17) is 19.6 Å². The van der Waals surface area contributed by atoms with E-state index in [0.717, 1.165) is 0 Å². The molecule has 1 aliphatic heterocycles. The van der Waals surface area contributed by atoms with Crippen LogP contribution in [0.15, 0.2) is 0 Å². The lowest BCUT2D eigenvalue weighted by Crippen LogP contribution is -2.25. The summed E-state index contributed by atoms with van der Waals surface area (Å²) in [5.74, 6) is 0. The molecular weight excluding hydrogens is 187 g/mol. The summed E-state index contributed by atoms with van der Waals surface area (Å²) in [5, 5.41) is 9.13. The summed E-state index contributed by atoms with van der Waals surface area (Å²) in [4.78, 5) is 16.6. The van der Waals surface area contributed by atoms with Crippen LogP contribution in [0.25, 0.3) is 0 Å². The van der Waals surface area contributed by atoms with Crippen LogP contribution in [-0.4, -0.2) is 40.3 Å². The van der Waals surface area contributed by atoms with E-state index in [1.54, 1.807) is 0 Å². The second kappa shape index (κ2) is 3.83. The van der Waals surface area contributed by atoms with Crippen molar-refractivity contribution in [3.63, 3.8) is 0 Å². The average molecular weight is 198 g/mol. The second-order valence-electron chi connectivity index (χ2n) is 2.55. The Morgan fingerprint density at radius 3 is 2.67 bits per heavy atom. The molecule has 0 aliphatic carbocycles. The van der Waals surface area contributed by atoms with Gasteiger partial charge in [-0.2, -0.15) is 0 Å². The molecule has 72 valence electrons. The normalized spacial score (nSPS) is 30.9. The SMILES string of the molecule is O=P(O)(O)OCC1OCCC1O. The Balaban J connectivity index is 2.27. The highest BCUT2D eigenvalue weighted by molar-refractivity contribution is 7.46. The van der Waals surface area contributed by atoms with Gasteiger partial charge in [-0.3, -0.25) is 4.52 Å². The van der Waals surface area contributed by atoms with Crippen molar-refractivity contribution in [2.24, 2.45) is 0 Å². The quantitative estimate of drug-likeness (QED) is 0.516. The molecule has 7 heteroatoms. The highest BCUT2D eigenvalue weighted by Crippen LogP contribution is 2.36. The zero-order chi connectivity index (χ0) is 9.19. The Kier molecular flexibility index (Phi) is 3.22. The van der Waals surface area contributed by atoms with Crippen molar-refractivity contribution in [1.29, 1.82) is 0 Å². The van der Waals surface area contributed by atoms with Crippen molar-refractivity contribution >= 4 is 7.82 Å². The maximum Gasteiger partial charge on any atom is 0.469 e. The van der Waals surface area contributed by atoms with Crippen LogP contribution in [0.4, 0.5) is 0 Å². The van der Waals surface area contributed by atoms with Gasteiger partial charge in [0.25, 0.3) is 0 Å². The highest BCUT2D eigenvalue weighted by Gasteiger charge is 2.28. The predicted molar refractivity (Wildman–Crippen MR) is 38.4 cm³/mol. The number of ether oxygens (including phenoxy) is 1. The van der Waals surface area contributed by atoms with E-state index >= 15 is 0 Å². The van der Waals surface area contributed by atoms with Gasteiger partial charge in [0.2, 0.25) is 0 Å². The number of phosphoric ester groups is 1. The van der Waals surface area contributed by atoms with Crippen LogP contribution in [0.3, 0.4) is 0 Å². The summed E-state index contributed by atoms with van der Waals surface area (Å²) < 4.78 is 19.3. The Morgan fingerprint density at radius 2 is 2.25 bits per heavy atom. The maximum absolute atomic E-state index is 10.2. The minimum atomic E-state index is -4.44. The number of aliphatic hydroxyl groups is 1. The largest absolute Gasteiger partial charge is 0.469 e. The lowest BCUT2D eigenvalue weighted by atomic mass is 10.2. The lowest BCUT2D eigenvalue weighted by Gasteiger charge is -2.13. The van der Waals surface area contributed by atoms with Crippen molar-refractivity contribution in [2.45, 2.75) is 18.6 Å². The van der Waals surface area contributed by atoms with Crippen LogP contribution in [0.1, 0.15) is 6.42 Å². The first kappa shape index (κ1) is 10.1. The first-order chi connectivity index (χ1) is 5.49. The van der Waals surface area contributed by atoms with Crippen LogP contribution in [0.2, 0.25) is 0 Å². The van der Waals surface area contributed by atoms with Crippen molar-refractivity contribution in [3.8, 4) is 0 Å². The highest BCUT2D eigenvalue weighted by atomic mass is 31.2. The molecule has 2 unspecified atom stereocenters. The molecule has 2 atom stereocenters. The summed E-state index contributed by atoms with van der Waals surface area (Å²) >= 11 is 0. The Hall–Kier alpha value is 0.0300. The van der Waals surface area contributed by atoms with Gasteiger partial charge in [-0.1, -0.05) is 0 Å². The van der Waals surface area contributed by atoms with Gasteiger partial charge in [0, 0.05) is 6.61 Å². The molecule has 3 N–H and O–H groups in total. The van der Waals surface area contributed by atoms with Crippen molar-refractivity contribution in [1.82, 2.24) is 0 Å². The summed E-state index contributed by atoms with van der Waals surface area (Å²) in [5.41, 5.74) is 0. The van der Waals surface area contributed by atoms with Crippen LogP contribution in [0.5, 0.6) is 0 Å². The number of hydrogen-bond acceptors (Lipinski definition) is 4. The van der Waals surface area contributed by atoms with E-state index in [1.807, 2.05) is 0 Å². The van der Waals surface area contributed by atoms with Gasteiger partial charge in [-0.25, -0.2) is 4.57 Å². The fourth-order valence-electron chi connectivity index (χ4n) is 0.967. The van der Waals surface area contributed by atoms with Gasteiger partial charge in [0.1, 0.15) is 6.10 Å². The molecule has 1 rings (SSSR count). The molecule has 1 saturated heterocycles. The third kappa shape index (κ3) is 3.18. The molecule has 6 nitrogen and oxygen atoms in total. The minimum Gasteiger partial charge on any atom is -0.390 e. The molecular formula is C5H11O6P.